The Hall–Kier alpha value is -4.04. The van der Waals surface area contributed by atoms with Crippen LogP contribution in [0.25, 0.3) is 33.5 Å². The van der Waals surface area contributed by atoms with Gasteiger partial charge < -0.3 is 0 Å². The van der Waals surface area contributed by atoms with Crippen LogP contribution in [0.5, 0.6) is 0 Å². The Bertz CT molecular complexity index is 1510. The fraction of sp³-hybridized carbons (Fsp3) is 0.152. The Balaban J connectivity index is 1.45. The molecule has 2 heteroatoms. The van der Waals surface area contributed by atoms with Crippen LogP contribution in [0.1, 0.15) is 33.6 Å². The van der Waals surface area contributed by atoms with Crippen molar-refractivity contribution < 1.29 is 0 Å². The van der Waals surface area contributed by atoms with Crippen LogP contribution in [0.2, 0.25) is 0 Å². The van der Waals surface area contributed by atoms with Crippen molar-refractivity contribution in [2.45, 2.75) is 34.1 Å². The molecule has 0 N–H and O–H groups in total. The molecule has 172 valence electrons. The Kier molecular flexibility index (Phi) is 6.29. The molecule has 4 aromatic carbocycles. The van der Waals surface area contributed by atoms with Gasteiger partial charge in [0, 0.05) is 11.8 Å². The lowest BCUT2D eigenvalue weighted by Gasteiger charge is -2.13. The van der Waals surface area contributed by atoms with Crippen LogP contribution in [0.3, 0.4) is 0 Å². The molecule has 5 rings (SSSR count). The van der Waals surface area contributed by atoms with Gasteiger partial charge in [-0.2, -0.15) is 0 Å². The van der Waals surface area contributed by atoms with Crippen LogP contribution in [0, 0.1) is 27.7 Å². The van der Waals surface area contributed by atoms with Crippen LogP contribution < -0.4 is 0 Å². The van der Waals surface area contributed by atoms with E-state index in [1.165, 1.54) is 44.5 Å². The third kappa shape index (κ3) is 4.93. The van der Waals surface area contributed by atoms with Gasteiger partial charge in [0.15, 0.2) is 0 Å². The Morgan fingerprint density at radius 2 is 1.26 bits per heavy atom. The van der Waals surface area contributed by atoms with Gasteiger partial charge in [-0.3, -0.25) is 9.97 Å². The smallest absolute Gasteiger partial charge is 0.0914 e. The Morgan fingerprint density at radius 1 is 0.571 bits per heavy atom. The minimum absolute atomic E-state index is 0.898. The topological polar surface area (TPSA) is 25.8 Å². The van der Waals surface area contributed by atoms with Crippen molar-refractivity contribution in [2.75, 3.05) is 0 Å². The normalized spacial score (nSPS) is 11.0. The first-order chi connectivity index (χ1) is 17.0. The van der Waals surface area contributed by atoms with Crippen LogP contribution in [0.4, 0.5) is 0 Å². The quantitative estimate of drug-likeness (QED) is 0.267. The molecular weight excluding hydrogens is 424 g/mol. The summed E-state index contributed by atoms with van der Waals surface area (Å²) in [6.07, 6.45) is 2.73. The summed E-state index contributed by atoms with van der Waals surface area (Å²) in [5.41, 5.74) is 14.2. The summed E-state index contributed by atoms with van der Waals surface area (Å²) < 4.78 is 0. The fourth-order valence-corrected chi connectivity index (χ4v) is 4.77. The minimum Gasteiger partial charge on any atom is -0.255 e. The fourth-order valence-electron chi connectivity index (χ4n) is 4.77. The van der Waals surface area contributed by atoms with Crippen LogP contribution >= 0.6 is 0 Å². The standard InChI is InChI=1S/C33H30N2/c1-22-9-5-6-14-31(22)32-19-27(16-15-23(32)2)17-26-10-7-11-28(18-26)29-12-8-13-30(20-29)33-25(4)35-24(3)21-34-33/h5-16,18-21H,17H2,1-4H3. The van der Waals surface area contributed by atoms with Crippen molar-refractivity contribution in [3.05, 3.63) is 131 Å². The number of hydrogen-bond acceptors (Lipinski definition) is 2. The zero-order valence-corrected chi connectivity index (χ0v) is 20.8. The molecule has 0 radical (unpaired) electrons. The van der Waals surface area contributed by atoms with E-state index in [0.717, 1.165) is 29.1 Å². The summed E-state index contributed by atoms with van der Waals surface area (Å²) in [5.74, 6) is 0. The van der Waals surface area contributed by atoms with Crippen molar-refractivity contribution in [3.63, 3.8) is 0 Å². The molecule has 0 aliphatic heterocycles. The molecule has 0 amide bonds. The van der Waals surface area contributed by atoms with E-state index in [2.05, 4.69) is 115 Å². The van der Waals surface area contributed by atoms with E-state index in [9.17, 15) is 0 Å². The second kappa shape index (κ2) is 9.68. The lowest BCUT2D eigenvalue weighted by atomic mass is 9.92. The maximum absolute atomic E-state index is 4.64. The van der Waals surface area contributed by atoms with Gasteiger partial charge in [-0.15, -0.1) is 0 Å². The van der Waals surface area contributed by atoms with Crippen molar-refractivity contribution in [1.29, 1.82) is 0 Å². The van der Waals surface area contributed by atoms with E-state index in [1.807, 2.05) is 20.0 Å². The molecule has 35 heavy (non-hydrogen) atoms. The number of hydrogen-bond donors (Lipinski definition) is 0. The first-order valence-corrected chi connectivity index (χ1v) is 12.1. The first-order valence-electron chi connectivity index (χ1n) is 12.1. The highest BCUT2D eigenvalue weighted by Crippen LogP contribution is 2.30. The molecule has 0 unspecified atom stereocenters. The molecule has 5 aromatic rings. The first kappa shape index (κ1) is 22.7. The summed E-state index contributed by atoms with van der Waals surface area (Å²) in [7, 11) is 0. The van der Waals surface area contributed by atoms with E-state index >= 15 is 0 Å². The highest BCUT2D eigenvalue weighted by Gasteiger charge is 2.09. The highest BCUT2D eigenvalue weighted by molar-refractivity contribution is 5.73. The molecule has 0 aliphatic rings. The molecule has 0 saturated carbocycles. The third-order valence-corrected chi connectivity index (χ3v) is 6.61. The molecule has 0 spiro atoms. The van der Waals surface area contributed by atoms with Gasteiger partial charge >= 0.3 is 0 Å². The molecule has 0 fully saturated rings. The summed E-state index contributed by atoms with van der Waals surface area (Å²) in [4.78, 5) is 9.23. The predicted molar refractivity (Wildman–Crippen MR) is 147 cm³/mol. The molecule has 0 saturated heterocycles. The number of aryl methyl sites for hydroxylation is 4. The van der Waals surface area contributed by atoms with Crippen LogP contribution in [-0.2, 0) is 6.42 Å². The van der Waals surface area contributed by atoms with Crippen LogP contribution in [-0.4, -0.2) is 9.97 Å². The SMILES string of the molecule is Cc1cnc(-c2cccc(-c3cccc(Cc4ccc(C)c(-c5ccccc5C)c4)c3)c2)c(C)n1. The summed E-state index contributed by atoms with van der Waals surface area (Å²) in [6.45, 7) is 8.38. The zero-order valence-electron chi connectivity index (χ0n) is 20.8. The third-order valence-electron chi connectivity index (χ3n) is 6.61. The second-order valence-electron chi connectivity index (χ2n) is 9.37. The molecule has 0 bridgehead atoms. The summed E-state index contributed by atoms with van der Waals surface area (Å²) >= 11 is 0. The number of rotatable bonds is 5. The van der Waals surface area contributed by atoms with Crippen molar-refractivity contribution in [2.24, 2.45) is 0 Å². The predicted octanol–water partition coefficient (Wildman–Crippen LogP) is 8.30. The largest absolute Gasteiger partial charge is 0.255 e. The second-order valence-corrected chi connectivity index (χ2v) is 9.37. The molecule has 0 aliphatic carbocycles. The zero-order chi connectivity index (χ0) is 24.4. The van der Waals surface area contributed by atoms with Gasteiger partial charge in [0.25, 0.3) is 0 Å². The van der Waals surface area contributed by atoms with E-state index in [0.29, 0.717) is 0 Å². The summed E-state index contributed by atoms with van der Waals surface area (Å²) in [5, 5.41) is 0. The average Bonchev–Trinajstić information content (AvgIpc) is 2.86. The van der Waals surface area contributed by atoms with Gasteiger partial charge in [0.1, 0.15) is 0 Å². The summed E-state index contributed by atoms with van der Waals surface area (Å²) in [6, 6.07) is 32.9. The van der Waals surface area contributed by atoms with Crippen LogP contribution in [0.15, 0.2) is 97.2 Å². The van der Waals surface area contributed by atoms with Gasteiger partial charge in [-0.1, -0.05) is 84.9 Å². The van der Waals surface area contributed by atoms with E-state index in [1.54, 1.807) is 0 Å². The minimum atomic E-state index is 0.898. The van der Waals surface area contributed by atoms with E-state index in [-0.39, 0.29) is 0 Å². The number of benzene rings is 4. The maximum Gasteiger partial charge on any atom is 0.0914 e. The molecular formula is C33H30N2. The van der Waals surface area contributed by atoms with E-state index < -0.39 is 0 Å². The molecule has 0 atom stereocenters. The van der Waals surface area contributed by atoms with Gasteiger partial charge in [0.05, 0.1) is 17.1 Å². The monoisotopic (exact) mass is 454 g/mol. The lowest BCUT2D eigenvalue weighted by Crippen LogP contribution is -1.95. The molecule has 1 heterocycles. The van der Waals surface area contributed by atoms with Gasteiger partial charge in [0.2, 0.25) is 0 Å². The van der Waals surface area contributed by atoms with Gasteiger partial charge in [-0.25, -0.2) is 0 Å². The Labute approximate surface area is 208 Å². The van der Waals surface area contributed by atoms with Crippen molar-refractivity contribution in [1.82, 2.24) is 9.97 Å². The number of nitrogens with zero attached hydrogens (tertiary/aromatic N) is 2. The lowest BCUT2D eigenvalue weighted by molar-refractivity contribution is 1.06. The number of aromatic nitrogens is 2. The average molecular weight is 455 g/mol. The highest BCUT2D eigenvalue weighted by atomic mass is 14.8. The van der Waals surface area contributed by atoms with E-state index in [4.69, 9.17) is 0 Å². The van der Waals surface area contributed by atoms with Crippen molar-refractivity contribution >= 4 is 0 Å². The Morgan fingerprint density at radius 3 is 2.06 bits per heavy atom. The molecule has 1 aromatic heterocycles. The molecule has 2 nitrogen and oxygen atoms in total. The van der Waals surface area contributed by atoms with Gasteiger partial charge in [-0.05, 0) is 84.7 Å². The van der Waals surface area contributed by atoms with Crippen molar-refractivity contribution in [3.8, 4) is 33.5 Å². The maximum atomic E-state index is 4.64.